The molecule has 0 unspecified atom stereocenters. The maximum Gasteiger partial charge on any atom is 0.322 e. The summed E-state index contributed by atoms with van der Waals surface area (Å²) in [5.74, 6) is -1.28. The molecule has 1 N–H and O–H groups in total. The predicted molar refractivity (Wildman–Crippen MR) is 95.8 cm³/mol. The fourth-order valence-electron chi connectivity index (χ4n) is 3.96. The third kappa shape index (κ3) is 2.18. The van der Waals surface area contributed by atoms with E-state index in [9.17, 15) is 23.1 Å². The van der Waals surface area contributed by atoms with E-state index in [1.165, 1.54) is 6.07 Å². The van der Waals surface area contributed by atoms with Gasteiger partial charge in [-0.2, -0.15) is 4.31 Å². The van der Waals surface area contributed by atoms with E-state index >= 15 is 0 Å². The molecule has 1 saturated heterocycles. The summed E-state index contributed by atoms with van der Waals surface area (Å²) in [5, 5.41) is 10.4. The second-order valence-electron chi connectivity index (χ2n) is 6.47. The Hall–Kier alpha value is -2.45. The first-order chi connectivity index (χ1) is 12.4. The van der Waals surface area contributed by atoms with Crippen LogP contribution in [0.5, 0.6) is 0 Å². The van der Waals surface area contributed by atoms with Crippen molar-refractivity contribution < 1.29 is 23.1 Å². The Bertz CT molecular complexity index is 1050. The Kier molecular flexibility index (Phi) is 3.78. The van der Waals surface area contributed by atoms with Crippen molar-refractivity contribution in [2.75, 3.05) is 18.0 Å². The molecular weight excluding hydrogens is 356 g/mol. The first-order valence-electron chi connectivity index (χ1n) is 8.50. The molecule has 4 rings (SSSR count). The lowest BCUT2D eigenvalue weighted by molar-refractivity contribution is -0.140. The fourth-order valence-corrected chi connectivity index (χ4v) is 5.80. The summed E-state index contributed by atoms with van der Waals surface area (Å²) in [6.45, 7) is 2.53. The van der Waals surface area contributed by atoms with Crippen LogP contribution >= 0.6 is 0 Å². The number of hydrogen-bond donors (Lipinski definition) is 1. The minimum atomic E-state index is -3.98. The lowest BCUT2D eigenvalue weighted by Gasteiger charge is -2.22. The van der Waals surface area contributed by atoms with Crippen molar-refractivity contribution in [3.63, 3.8) is 0 Å². The number of hydrogen-bond acceptors (Lipinski definition) is 4. The van der Waals surface area contributed by atoms with Crippen molar-refractivity contribution in [2.24, 2.45) is 0 Å². The average molecular weight is 374 g/mol. The molecule has 1 amide bonds. The van der Waals surface area contributed by atoms with Gasteiger partial charge in [-0.25, -0.2) is 8.42 Å². The van der Waals surface area contributed by atoms with Crippen molar-refractivity contribution in [3.05, 3.63) is 35.9 Å². The van der Waals surface area contributed by atoms with Crippen LogP contribution in [-0.4, -0.2) is 48.8 Å². The third-order valence-electron chi connectivity index (χ3n) is 5.14. The van der Waals surface area contributed by atoms with E-state index in [1.54, 1.807) is 29.2 Å². The molecular formula is C18H18N2O5S. The molecule has 2 aliphatic heterocycles. The van der Waals surface area contributed by atoms with Gasteiger partial charge in [-0.15, -0.1) is 0 Å². The molecule has 8 heteroatoms. The molecule has 26 heavy (non-hydrogen) atoms. The molecule has 0 saturated carbocycles. The van der Waals surface area contributed by atoms with Crippen molar-refractivity contribution >= 4 is 38.4 Å². The Labute approximate surface area is 150 Å². The van der Waals surface area contributed by atoms with Gasteiger partial charge in [0, 0.05) is 29.4 Å². The van der Waals surface area contributed by atoms with Crippen LogP contribution in [0, 0.1) is 0 Å². The zero-order chi connectivity index (χ0) is 18.6. The Balaban J connectivity index is 1.94. The van der Waals surface area contributed by atoms with Crippen LogP contribution in [-0.2, 0) is 14.8 Å². The highest BCUT2D eigenvalue weighted by Crippen LogP contribution is 2.41. The van der Waals surface area contributed by atoms with Crippen LogP contribution in [0.3, 0.4) is 0 Å². The summed E-state index contributed by atoms with van der Waals surface area (Å²) < 4.78 is 27.5. The van der Waals surface area contributed by atoms with Crippen LogP contribution in [0.15, 0.2) is 35.2 Å². The summed E-state index contributed by atoms with van der Waals surface area (Å²) >= 11 is 0. The van der Waals surface area contributed by atoms with E-state index in [1.807, 2.05) is 6.92 Å². The second kappa shape index (κ2) is 5.78. The number of anilines is 1. The summed E-state index contributed by atoms with van der Waals surface area (Å²) in [7, 11) is -3.98. The van der Waals surface area contributed by atoms with E-state index in [-0.39, 0.29) is 17.3 Å². The number of rotatable bonds is 4. The average Bonchev–Trinajstić information content (AvgIpc) is 3.21. The van der Waals surface area contributed by atoms with Gasteiger partial charge in [-0.05, 0) is 38.0 Å². The number of sulfonamides is 1. The molecule has 0 radical (unpaired) electrons. The standard InChI is InChI=1S/C18H18N2O5S/c1-2-19-13-8-9-15(11-5-3-6-12(16(11)13)17(19)21)26(24,25)20-10-4-7-14(20)18(22)23/h3,5-6,8-9,14H,2,4,7,10H2,1H3,(H,22,23)/t14-/m1/s1. The number of aliphatic carboxylic acids is 1. The van der Waals surface area contributed by atoms with E-state index in [2.05, 4.69) is 0 Å². The molecule has 1 atom stereocenters. The maximum absolute atomic E-state index is 13.2. The second-order valence-corrected chi connectivity index (χ2v) is 8.33. The van der Waals surface area contributed by atoms with E-state index < -0.39 is 22.0 Å². The quantitative estimate of drug-likeness (QED) is 0.884. The van der Waals surface area contributed by atoms with Gasteiger partial charge in [0.25, 0.3) is 5.91 Å². The van der Waals surface area contributed by atoms with Crippen molar-refractivity contribution in [2.45, 2.75) is 30.7 Å². The van der Waals surface area contributed by atoms with Gasteiger partial charge in [0.05, 0.1) is 10.6 Å². The highest BCUT2D eigenvalue weighted by molar-refractivity contribution is 7.89. The van der Waals surface area contributed by atoms with Crippen LogP contribution in [0.4, 0.5) is 5.69 Å². The van der Waals surface area contributed by atoms with E-state index in [4.69, 9.17) is 0 Å². The number of carboxylic acid groups (broad SMARTS) is 1. The Morgan fingerprint density at radius 3 is 2.73 bits per heavy atom. The van der Waals surface area contributed by atoms with Gasteiger partial charge < -0.3 is 10.0 Å². The number of nitrogens with zero attached hydrogens (tertiary/aromatic N) is 2. The Morgan fingerprint density at radius 2 is 2.04 bits per heavy atom. The zero-order valence-electron chi connectivity index (χ0n) is 14.2. The summed E-state index contributed by atoms with van der Waals surface area (Å²) in [6.07, 6.45) is 0.817. The minimum Gasteiger partial charge on any atom is -0.480 e. The highest BCUT2D eigenvalue weighted by Gasteiger charge is 2.41. The van der Waals surface area contributed by atoms with Gasteiger partial charge in [0.1, 0.15) is 6.04 Å². The largest absolute Gasteiger partial charge is 0.480 e. The van der Waals surface area contributed by atoms with Gasteiger partial charge in [-0.1, -0.05) is 12.1 Å². The molecule has 2 heterocycles. The number of amides is 1. The van der Waals surface area contributed by atoms with E-state index in [0.29, 0.717) is 41.4 Å². The topological polar surface area (TPSA) is 95.0 Å². The summed E-state index contributed by atoms with van der Waals surface area (Å²) in [4.78, 5) is 25.7. The molecule has 0 aromatic heterocycles. The normalized spacial score (nSPS) is 20.3. The molecule has 0 bridgehead atoms. The third-order valence-corrected chi connectivity index (χ3v) is 7.10. The van der Waals surface area contributed by atoms with Crippen LogP contribution < -0.4 is 4.90 Å². The van der Waals surface area contributed by atoms with E-state index in [0.717, 1.165) is 4.31 Å². The molecule has 0 spiro atoms. The molecule has 136 valence electrons. The fraction of sp³-hybridized carbons (Fsp3) is 0.333. The molecule has 1 fully saturated rings. The smallest absolute Gasteiger partial charge is 0.322 e. The first kappa shape index (κ1) is 17.0. The van der Waals surface area contributed by atoms with Gasteiger partial charge in [0.15, 0.2) is 0 Å². The first-order valence-corrected chi connectivity index (χ1v) is 9.94. The van der Waals surface area contributed by atoms with Gasteiger partial charge in [0.2, 0.25) is 10.0 Å². The van der Waals surface area contributed by atoms with Crippen LogP contribution in [0.2, 0.25) is 0 Å². The molecule has 2 aliphatic rings. The summed E-state index contributed by atoms with van der Waals surface area (Å²) in [5.41, 5.74) is 1.17. The maximum atomic E-state index is 13.2. The van der Waals surface area contributed by atoms with Crippen molar-refractivity contribution in [1.29, 1.82) is 0 Å². The SMILES string of the molecule is CCN1C(=O)c2cccc3c(S(=O)(=O)N4CCC[C@@H]4C(=O)O)ccc1c23. The van der Waals surface area contributed by atoms with Crippen LogP contribution in [0.25, 0.3) is 10.8 Å². The number of carboxylic acids is 1. The van der Waals surface area contributed by atoms with Gasteiger partial charge >= 0.3 is 5.97 Å². The molecule has 0 aliphatic carbocycles. The lowest BCUT2D eigenvalue weighted by atomic mass is 10.1. The molecule has 2 aromatic rings. The zero-order valence-corrected chi connectivity index (χ0v) is 15.0. The monoisotopic (exact) mass is 374 g/mol. The summed E-state index contributed by atoms with van der Waals surface area (Å²) in [6, 6.07) is 7.10. The number of carbonyl (C=O) groups excluding carboxylic acids is 1. The molecule has 2 aromatic carbocycles. The van der Waals surface area contributed by atoms with Crippen molar-refractivity contribution in [1.82, 2.24) is 4.31 Å². The lowest BCUT2D eigenvalue weighted by Crippen LogP contribution is -2.40. The molecule has 7 nitrogen and oxygen atoms in total. The van der Waals surface area contributed by atoms with Crippen molar-refractivity contribution in [3.8, 4) is 0 Å². The number of benzene rings is 2. The van der Waals surface area contributed by atoms with Gasteiger partial charge in [-0.3, -0.25) is 9.59 Å². The minimum absolute atomic E-state index is 0.0528. The van der Waals surface area contributed by atoms with Crippen LogP contribution in [0.1, 0.15) is 30.1 Å². The Morgan fingerprint density at radius 1 is 1.27 bits per heavy atom. The predicted octanol–water partition coefficient (Wildman–Crippen LogP) is 2.06. The highest BCUT2D eigenvalue weighted by atomic mass is 32.2. The number of carbonyl (C=O) groups is 2.